The average Bonchev–Trinajstić information content (AvgIpc) is 2.72. The van der Waals surface area contributed by atoms with E-state index >= 15 is 0 Å². The fraction of sp³-hybridized carbons (Fsp3) is 0.100. The SMILES string of the molecule is Cc1ccc(Nc2nc(N)nc(COC(=O)/C=C/c3ccccc3[N+](=O)[O-])n2)cc1. The lowest BCUT2D eigenvalue weighted by molar-refractivity contribution is -0.385. The van der Waals surface area contributed by atoms with E-state index < -0.39 is 10.9 Å². The van der Waals surface area contributed by atoms with Crippen molar-refractivity contribution in [3.05, 3.63) is 81.7 Å². The van der Waals surface area contributed by atoms with Gasteiger partial charge in [-0.1, -0.05) is 29.8 Å². The molecule has 3 aromatic rings. The van der Waals surface area contributed by atoms with Gasteiger partial charge in [0.15, 0.2) is 12.4 Å². The number of nitrogens with zero attached hydrogens (tertiary/aromatic N) is 4. The largest absolute Gasteiger partial charge is 0.454 e. The fourth-order valence-electron chi connectivity index (χ4n) is 2.46. The van der Waals surface area contributed by atoms with Gasteiger partial charge in [-0.15, -0.1) is 0 Å². The zero-order valence-corrected chi connectivity index (χ0v) is 16.0. The van der Waals surface area contributed by atoms with Crippen LogP contribution in [0, 0.1) is 17.0 Å². The standard InChI is InChI=1S/C20H18N6O4/c1-13-6-9-15(10-7-13)22-20-24-17(23-19(21)25-20)12-30-18(27)11-8-14-4-2-3-5-16(14)26(28)29/h2-11H,12H2,1H3,(H3,21,22,23,24,25)/b11-8+. The van der Waals surface area contributed by atoms with Crippen LogP contribution in [0.5, 0.6) is 0 Å². The zero-order valence-electron chi connectivity index (χ0n) is 16.0. The van der Waals surface area contributed by atoms with Crippen molar-refractivity contribution in [3.63, 3.8) is 0 Å². The van der Waals surface area contributed by atoms with Crippen molar-refractivity contribution in [1.82, 2.24) is 15.0 Å². The second kappa shape index (κ2) is 9.24. The summed E-state index contributed by atoms with van der Waals surface area (Å²) in [4.78, 5) is 34.6. The first-order chi connectivity index (χ1) is 14.4. The van der Waals surface area contributed by atoms with Gasteiger partial charge in [-0.3, -0.25) is 10.1 Å². The van der Waals surface area contributed by atoms with E-state index in [0.29, 0.717) is 0 Å². The van der Waals surface area contributed by atoms with Crippen LogP contribution in [0.1, 0.15) is 17.0 Å². The molecule has 0 amide bonds. The monoisotopic (exact) mass is 406 g/mol. The predicted molar refractivity (Wildman–Crippen MR) is 111 cm³/mol. The summed E-state index contributed by atoms with van der Waals surface area (Å²) in [5.74, 6) is -0.362. The molecule has 0 spiro atoms. The lowest BCUT2D eigenvalue weighted by Gasteiger charge is -2.07. The first kappa shape index (κ1) is 20.4. The van der Waals surface area contributed by atoms with E-state index in [4.69, 9.17) is 10.5 Å². The molecule has 0 atom stereocenters. The Morgan fingerprint density at radius 2 is 1.90 bits per heavy atom. The minimum absolute atomic E-state index is 0.0267. The topological polar surface area (TPSA) is 146 Å². The number of benzene rings is 2. The van der Waals surface area contributed by atoms with Crippen LogP contribution in [0.4, 0.5) is 23.3 Å². The lowest BCUT2D eigenvalue weighted by Crippen LogP contribution is -2.10. The summed E-state index contributed by atoms with van der Waals surface area (Å²) < 4.78 is 5.09. The maximum absolute atomic E-state index is 12.0. The summed E-state index contributed by atoms with van der Waals surface area (Å²) in [5.41, 5.74) is 7.75. The Hall–Kier alpha value is -4.34. The number of ether oxygens (including phenoxy) is 1. The van der Waals surface area contributed by atoms with Crippen molar-refractivity contribution in [3.8, 4) is 0 Å². The zero-order chi connectivity index (χ0) is 21.5. The van der Waals surface area contributed by atoms with Crippen LogP contribution in [0.15, 0.2) is 54.6 Å². The number of nitro groups is 1. The van der Waals surface area contributed by atoms with Crippen LogP contribution < -0.4 is 11.1 Å². The highest BCUT2D eigenvalue weighted by Crippen LogP contribution is 2.19. The van der Waals surface area contributed by atoms with Crippen LogP contribution in [0.25, 0.3) is 6.08 Å². The number of aromatic nitrogens is 3. The van der Waals surface area contributed by atoms with Crippen molar-refractivity contribution >= 4 is 35.3 Å². The highest BCUT2D eigenvalue weighted by Gasteiger charge is 2.11. The minimum Gasteiger partial charge on any atom is -0.454 e. The number of hydrogen-bond acceptors (Lipinski definition) is 9. The van der Waals surface area contributed by atoms with Crippen molar-refractivity contribution in [2.45, 2.75) is 13.5 Å². The number of rotatable bonds is 7. The summed E-state index contributed by atoms with van der Waals surface area (Å²) in [6.07, 6.45) is 2.41. The molecule has 10 nitrogen and oxygen atoms in total. The molecule has 0 saturated heterocycles. The van der Waals surface area contributed by atoms with Crippen molar-refractivity contribution in [2.75, 3.05) is 11.1 Å². The van der Waals surface area contributed by atoms with E-state index in [2.05, 4.69) is 20.3 Å². The first-order valence-corrected chi connectivity index (χ1v) is 8.83. The van der Waals surface area contributed by atoms with Crippen LogP contribution in [0.2, 0.25) is 0 Å². The summed E-state index contributed by atoms with van der Waals surface area (Å²) in [6.45, 7) is 1.73. The van der Waals surface area contributed by atoms with Gasteiger partial charge in [0.05, 0.1) is 10.5 Å². The fourth-order valence-corrected chi connectivity index (χ4v) is 2.46. The second-order valence-electron chi connectivity index (χ2n) is 6.18. The Labute approximate surface area is 171 Å². The Morgan fingerprint density at radius 3 is 2.63 bits per heavy atom. The Bertz CT molecular complexity index is 1100. The smallest absolute Gasteiger partial charge is 0.331 e. The summed E-state index contributed by atoms with van der Waals surface area (Å²) in [7, 11) is 0. The van der Waals surface area contributed by atoms with Crippen molar-refractivity contribution < 1.29 is 14.5 Å². The van der Waals surface area contributed by atoms with Gasteiger partial charge in [0.1, 0.15) is 0 Å². The van der Waals surface area contributed by atoms with E-state index in [1.165, 1.54) is 18.2 Å². The maximum Gasteiger partial charge on any atom is 0.331 e. The summed E-state index contributed by atoms with van der Waals surface area (Å²) in [6, 6.07) is 13.6. The molecule has 0 aliphatic rings. The van der Waals surface area contributed by atoms with Gasteiger partial charge in [0.25, 0.3) is 5.69 Å². The lowest BCUT2D eigenvalue weighted by atomic mass is 10.1. The molecule has 0 unspecified atom stereocenters. The van der Waals surface area contributed by atoms with Crippen LogP contribution in [0.3, 0.4) is 0 Å². The molecule has 0 radical (unpaired) electrons. The minimum atomic E-state index is -0.708. The third kappa shape index (κ3) is 5.58. The average molecular weight is 406 g/mol. The van der Waals surface area contributed by atoms with Gasteiger partial charge in [-0.2, -0.15) is 15.0 Å². The third-order valence-electron chi connectivity index (χ3n) is 3.88. The second-order valence-corrected chi connectivity index (χ2v) is 6.18. The molecule has 0 bridgehead atoms. The van der Waals surface area contributed by atoms with E-state index in [9.17, 15) is 14.9 Å². The van der Waals surface area contributed by atoms with E-state index in [1.54, 1.807) is 12.1 Å². The molecule has 152 valence electrons. The number of anilines is 3. The molecule has 3 N–H and O–H groups in total. The molecule has 0 aliphatic heterocycles. The number of nitrogens with one attached hydrogen (secondary N) is 1. The molecule has 30 heavy (non-hydrogen) atoms. The molecule has 0 saturated carbocycles. The van der Waals surface area contributed by atoms with E-state index in [0.717, 1.165) is 17.3 Å². The summed E-state index contributed by atoms with van der Waals surface area (Å²) in [5, 5.41) is 14.0. The molecular weight excluding hydrogens is 388 g/mol. The van der Waals surface area contributed by atoms with Crippen LogP contribution >= 0.6 is 0 Å². The molecule has 0 fully saturated rings. The van der Waals surface area contributed by atoms with Gasteiger partial charge in [-0.05, 0) is 31.2 Å². The molecule has 2 aromatic carbocycles. The molecule has 10 heteroatoms. The van der Waals surface area contributed by atoms with E-state index in [1.807, 2.05) is 31.2 Å². The number of nitrogen functional groups attached to an aromatic ring is 1. The van der Waals surface area contributed by atoms with Gasteiger partial charge >= 0.3 is 5.97 Å². The number of carbonyl (C=O) groups is 1. The maximum atomic E-state index is 12.0. The van der Waals surface area contributed by atoms with Gasteiger partial charge in [-0.25, -0.2) is 4.79 Å². The van der Waals surface area contributed by atoms with Gasteiger partial charge in [0.2, 0.25) is 11.9 Å². The van der Waals surface area contributed by atoms with Gasteiger partial charge < -0.3 is 15.8 Å². The molecule has 0 aliphatic carbocycles. The molecular formula is C20H18N6O4. The normalized spacial score (nSPS) is 10.7. The van der Waals surface area contributed by atoms with E-state index in [-0.39, 0.29) is 35.6 Å². The van der Waals surface area contributed by atoms with Crippen molar-refractivity contribution in [1.29, 1.82) is 0 Å². The van der Waals surface area contributed by atoms with Crippen LogP contribution in [-0.2, 0) is 16.1 Å². The first-order valence-electron chi connectivity index (χ1n) is 8.83. The van der Waals surface area contributed by atoms with Gasteiger partial charge in [0, 0.05) is 17.8 Å². The van der Waals surface area contributed by atoms with Crippen LogP contribution in [-0.4, -0.2) is 25.8 Å². The number of hydrogen-bond donors (Lipinski definition) is 2. The number of nitrogens with two attached hydrogens (primary N) is 1. The Morgan fingerprint density at radius 1 is 1.17 bits per heavy atom. The summed E-state index contributed by atoms with van der Waals surface area (Å²) >= 11 is 0. The Balaban J connectivity index is 1.64. The Kier molecular flexibility index (Phi) is 6.28. The number of aryl methyl sites for hydroxylation is 1. The highest BCUT2D eigenvalue weighted by atomic mass is 16.6. The number of nitro benzene ring substituents is 1. The highest BCUT2D eigenvalue weighted by molar-refractivity contribution is 5.87. The molecule has 3 rings (SSSR count). The molecule has 1 aromatic heterocycles. The molecule has 1 heterocycles. The quantitative estimate of drug-likeness (QED) is 0.261. The number of carbonyl (C=O) groups excluding carboxylic acids is 1. The predicted octanol–water partition coefficient (Wildman–Crippen LogP) is 3.17. The van der Waals surface area contributed by atoms with Crippen molar-refractivity contribution in [2.24, 2.45) is 0 Å². The number of para-hydroxylation sites is 1. The number of esters is 1. The third-order valence-corrected chi connectivity index (χ3v) is 3.88.